The van der Waals surface area contributed by atoms with Crippen LogP contribution >= 0.6 is 23.1 Å². The van der Waals surface area contributed by atoms with Crippen LogP contribution in [-0.4, -0.2) is 23.0 Å². The Labute approximate surface area is 195 Å². The van der Waals surface area contributed by atoms with Crippen LogP contribution in [0, 0.1) is 5.82 Å². The predicted octanol–water partition coefficient (Wildman–Crippen LogP) is 4.90. The predicted molar refractivity (Wildman–Crippen MR) is 121 cm³/mol. The average molecular weight is 482 g/mol. The maximum atomic E-state index is 14.0. The van der Waals surface area contributed by atoms with Crippen LogP contribution in [0.1, 0.15) is 38.0 Å². The molecule has 33 heavy (non-hydrogen) atoms. The molecule has 6 rings (SSSR count). The zero-order chi connectivity index (χ0) is 22.7. The van der Waals surface area contributed by atoms with Crippen molar-refractivity contribution >= 4 is 50.7 Å². The number of fused-ring (bicyclic) bond motifs is 4. The highest BCUT2D eigenvalue weighted by atomic mass is 35.5. The second kappa shape index (κ2) is 7.43. The zero-order valence-corrected chi connectivity index (χ0v) is 18.2. The fourth-order valence-corrected chi connectivity index (χ4v) is 5.16. The molecule has 7 nitrogen and oxygen atoms in total. The Kier molecular flexibility index (Phi) is 4.49. The molecule has 0 aliphatic carbocycles. The Morgan fingerprint density at radius 1 is 1.21 bits per heavy atom. The lowest BCUT2D eigenvalue weighted by atomic mass is 9.95. The van der Waals surface area contributed by atoms with Gasteiger partial charge in [-0.2, -0.15) is 4.37 Å². The average Bonchev–Trinajstić information content (AvgIpc) is 3.52. The van der Waals surface area contributed by atoms with Gasteiger partial charge in [0, 0.05) is 27.6 Å². The van der Waals surface area contributed by atoms with E-state index in [-0.39, 0.29) is 28.8 Å². The van der Waals surface area contributed by atoms with Gasteiger partial charge in [-0.1, -0.05) is 29.8 Å². The third-order valence-electron chi connectivity index (χ3n) is 5.60. The number of anilines is 1. The lowest BCUT2D eigenvalue weighted by molar-refractivity contribution is 0.0955. The minimum Gasteiger partial charge on any atom is -0.453 e. The lowest BCUT2D eigenvalue weighted by Gasteiger charge is -2.18. The highest BCUT2D eigenvalue weighted by molar-refractivity contribution is 7.13. The van der Waals surface area contributed by atoms with Crippen LogP contribution in [0.2, 0.25) is 5.02 Å². The number of halogens is 2. The van der Waals surface area contributed by atoms with E-state index in [0.29, 0.717) is 22.6 Å². The van der Waals surface area contributed by atoms with Crippen LogP contribution < -0.4 is 20.1 Å². The van der Waals surface area contributed by atoms with Gasteiger partial charge in [0.1, 0.15) is 11.5 Å². The quantitative estimate of drug-likeness (QED) is 0.434. The number of hydrogen-bond acceptors (Lipinski definition) is 6. The fourth-order valence-electron chi connectivity index (χ4n) is 4.16. The summed E-state index contributed by atoms with van der Waals surface area (Å²) in [6.45, 7) is -0.0609. The van der Waals surface area contributed by atoms with Gasteiger partial charge >= 0.3 is 0 Å². The summed E-state index contributed by atoms with van der Waals surface area (Å²) < 4.78 is 30.2. The lowest BCUT2D eigenvalue weighted by Crippen LogP contribution is -2.21. The normalized spacial score (nSPS) is 16.1. The van der Waals surface area contributed by atoms with E-state index in [1.54, 1.807) is 6.07 Å². The number of carbonyl (C=O) groups excluding carboxylic acids is 2. The number of nitrogens with one attached hydrogen (secondary N) is 2. The first-order valence-corrected chi connectivity index (χ1v) is 11.0. The molecule has 1 atom stereocenters. The number of hydrogen-bond donors (Lipinski definition) is 2. The maximum absolute atomic E-state index is 14.0. The van der Waals surface area contributed by atoms with Crippen LogP contribution in [0.25, 0.3) is 10.1 Å². The van der Waals surface area contributed by atoms with E-state index >= 15 is 0 Å². The molecule has 0 radical (unpaired) electrons. The first kappa shape index (κ1) is 20.0. The molecule has 2 N–H and O–H groups in total. The van der Waals surface area contributed by atoms with Gasteiger partial charge in [0.25, 0.3) is 11.8 Å². The molecule has 0 saturated heterocycles. The van der Waals surface area contributed by atoms with Crippen molar-refractivity contribution in [1.29, 1.82) is 0 Å². The molecule has 164 valence electrons. The summed E-state index contributed by atoms with van der Waals surface area (Å²) in [5.74, 6) is -0.787. The SMILES string of the molecule is O=C1N[C@H](c2cc(F)ccc2Cl)c2c(NC(=O)c3nsc4ccccc34)cc3c(c21)OCO3. The van der Waals surface area contributed by atoms with Crippen LogP contribution in [0.4, 0.5) is 10.1 Å². The molecule has 0 unspecified atom stereocenters. The Hall–Kier alpha value is -3.69. The van der Waals surface area contributed by atoms with E-state index in [9.17, 15) is 14.0 Å². The van der Waals surface area contributed by atoms with E-state index in [1.165, 1.54) is 29.7 Å². The van der Waals surface area contributed by atoms with Crippen LogP contribution in [-0.2, 0) is 0 Å². The molecule has 0 saturated carbocycles. The first-order chi connectivity index (χ1) is 16.0. The van der Waals surface area contributed by atoms with E-state index in [1.807, 2.05) is 24.3 Å². The van der Waals surface area contributed by atoms with E-state index in [4.69, 9.17) is 21.1 Å². The summed E-state index contributed by atoms with van der Waals surface area (Å²) in [5.41, 5.74) is 1.58. The maximum Gasteiger partial charge on any atom is 0.276 e. The summed E-state index contributed by atoms with van der Waals surface area (Å²) in [6, 6.07) is 12.1. The monoisotopic (exact) mass is 481 g/mol. The molecule has 3 aromatic carbocycles. The highest BCUT2D eigenvalue weighted by Crippen LogP contribution is 2.49. The van der Waals surface area contributed by atoms with E-state index in [0.717, 1.165) is 10.1 Å². The molecule has 10 heteroatoms. The van der Waals surface area contributed by atoms with E-state index < -0.39 is 23.7 Å². The number of amides is 2. The van der Waals surface area contributed by atoms with Crippen LogP contribution in [0.15, 0.2) is 48.5 Å². The molecule has 0 spiro atoms. The zero-order valence-electron chi connectivity index (χ0n) is 16.6. The number of ether oxygens (including phenoxy) is 2. The number of aromatic nitrogens is 1. The number of nitrogens with zero attached hydrogens (tertiary/aromatic N) is 1. The van der Waals surface area contributed by atoms with Gasteiger partial charge in [-0.25, -0.2) is 4.39 Å². The van der Waals surface area contributed by atoms with Crippen molar-refractivity contribution in [3.8, 4) is 11.5 Å². The summed E-state index contributed by atoms with van der Waals surface area (Å²) in [4.78, 5) is 26.1. The van der Waals surface area contributed by atoms with Crippen LogP contribution in [0.3, 0.4) is 0 Å². The number of rotatable bonds is 3. The van der Waals surface area contributed by atoms with Gasteiger partial charge in [-0.05, 0) is 35.8 Å². The van der Waals surface area contributed by atoms with Crippen molar-refractivity contribution in [3.05, 3.63) is 81.8 Å². The molecule has 1 aromatic heterocycles. The summed E-state index contributed by atoms with van der Waals surface area (Å²) in [5, 5.41) is 6.67. The molecule has 3 heterocycles. The van der Waals surface area contributed by atoms with Gasteiger partial charge in [0.2, 0.25) is 6.79 Å². The van der Waals surface area contributed by atoms with Crippen molar-refractivity contribution in [1.82, 2.24) is 9.69 Å². The number of benzene rings is 3. The van der Waals surface area contributed by atoms with Crippen molar-refractivity contribution < 1.29 is 23.5 Å². The Balaban J connectivity index is 1.50. The second-order valence-corrected chi connectivity index (χ2v) is 8.71. The molecule has 2 aliphatic rings. The van der Waals surface area contributed by atoms with Crippen molar-refractivity contribution in [3.63, 3.8) is 0 Å². The van der Waals surface area contributed by atoms with Gasteiger partial charge in [-0.3, -0.25) is 9.59 Å². The third kappa shape index (κ3) is 3.12. The van der Waals surface area contributed by atoms with Crippen molar-refractivity contribution in [2.24, 2.45) is 0 Å². The minimum absolute atomic E-state index is 0.0609. The molecule has 2 aliphatic heterocycles. The van der Waals surface area contributed by atoms with Gasteiger partial charge in [-0.15, -0.1) is 0 Å². The second-order valence-electron chi connectivity index (χ2n) is 7.50. The smallest absolute Gasteiger partial charge is 0.276 e. The first-order valence-electron chi connectivity index (χ1n) is 9.89. The molecular weight excluding hydrogens is 469 g/mol. The fraction of sp³-hybridized carbons (Fsp3) is 0.0870. The molecule has 4 aromatic rings. The van der Waals surface area contributed by atoms with E-state index in [2.05, 4.69) is 15.0 Å². The highest BCUT2D eigenvalue weighted by Gasteiger charge is 2.40. The number of carbonyl (C=O) groups is 2. The molecular formula is C23H13ClFN3O4S. The largest absolute Gasteiger partial charge is 0.453 e. The Morgan fingerprint density at radius 2 is 2.06 bits per heavy atom. The Morgan fingerprint density at radius 3 is 2.94 bits per heavy atom. The Bertz CT molecular complexity index is 1490. The van der Waals surface area contributed by atoms with Gasteiger partial charge in [0.15, 0.2) is 11.5 Å². The molecule has 2 amide bonds. The molecule has 0 bridgehead atoms. The molecule has 0 fully saturated rings. The van der Waals surface area contributed by atoms with Crippen molar-refractivity contribution in [2.45, 2.75) is 6.04 Å². The minimum atomic E-state index is -0.798. The standard InChI is InChI=1S/C23H13ClFN3O4S/c24-13-6-5-10(25)7-12(13)19-17-14(8-15-21(32-9-31-15)18(17)22(29)27-19)26-23(30)20-11-3-1-2-4-16(11)33-28-20/h1-8,19H,9H2,(H,26,30)(H,27,29)/t19-/m1/s1. The van der Waals surface area contributed by atoms with Gasteiger partial charge in [0.05, 0.1) is 22.0 Å². The third-order valence-corrected chi connectivity index (χ3v) is 6.78. The summed E-state index contributed by atoms with van der Waals surface area (Å²) in [6.07, 6.45) is 0. The summed E-state index contributed by atoms with van der Waals surface area (Å²) >= 11 is 7.56. The summed E-state index contributed by atoms with van der Waals surface area (Å²) in [7, 11) is 0. The van der Waals surface area contributed by atoms with Crippen molar-refractivity contribution in [2.75, 3.05) is 12.1 Å². The topological polar surface area (TPSA) is 89.6 Å². The van der Waals surface area contributed by atoms with Gasteiger partial charge < -0.3 is 20.1 Å². The van der Waals surface area contributed by atoms with Crippen LogP contribution in [0.5, 0.6) is 11.5 Å².